The fraction of sp³-hybridized carbons (Fsp3) is 0.400. The van der Waals surface area contributed by atoms with E-state index >= 15 is 0 Å². The zero-order valence-corrected chi connectivity index (χ0v) is 11.5. The molecule has 3 heteroatoms. The maximum Gasteiger partial charge on any atom is 0.130 e. The van der Waals surface area contributed by atoms with Crippen LogP contribution in [0.25, 0.3) is 0 Å². The molecule has 0 fully saturated rings. The number of hydrogen-bond acceptors (Lipinski definition) is 2. The molecule has 0 aliphatic carbocycles. The highest BCUT2D eigenvalue weighted by Crippen LogP contribution is 2.20. The summed E-state index contributed by atoms with van der Waals surface area (Å²) in [6, 6.07) is 8.35. The summed E-state index contributed by atoms with van der Waals surface area (Å²) >= 11 is 0. The Kier molecular flexibility index (Phi) is 3.70. The Bertz CT molecular complexity index is 543. The monoisotopic (exact) mass is 244 g/mol. The molecule has 0 atom stereocenters. The fourth-order valence-electron chi connectivity index (χ4n) is 2.00. The van der Waals surface area contributed by atoms with Gasteiger partial charge in [-0.1, -0.05) is 12.1 Å². The first kappa shape index (κ1) is 12.7. The van der Waals surface area contributed by atoms with Crippen LogP contribution in [0.15, 0.2) is 24.3 Å². The first-order valence-electron chi connectivity index (χ1n) is 6.33. The molecular weight excluding hydrogens is 224 g/mol. The molecule has 0 radical (unpaired) electrons. The van der Waals surface area contributed by atoms with E-state index in [4.69, 9.17) is 4.74 Å². The van der Waals surface area contributed by atoms with Gasteiger partial charge in [0.15, 0.2) is 0 Å². The molecule has 0 N–H and O–H groups in total. The van der Waals surface area contributed by atoms with Gasteiger partial charge in [-0.15, -0.1) is 0 Å². The predicted molar refractivity (Wildman–Crippen MR) is 72.9 cm³/mol. The summed E-state index contributed by atoms with van der Waals surface area (Å²) in [5.74, 6) is 0.955. The Morgan fingerprint density at radius 3 is 2.67 bits per heavy atom. The Morgan fingerprint density at radius 1 is 1.17 bits per heavy atom. The van der Waals surface area contributed by atoms with Crippen LogP contribution in [0.4, 0.5) is 0 Å². The van der Waals surface area contributed by atoms with Gasteiger partial charge in [0.25, 0.3) is 0 Å². The van der Waals surface area contributed by atoms with E-state index in [2.05, 4.69) is 50.1 Å². The quantitative estimate of drug-likeness (QED) is 0.824. The second-order valence-electron chi connectivity index (χ2n) is 4.65. The Balaban J connectivity index is 2.13. The van der Waals surface area contributed by atoms with Crippen molar-refractivity contribution in [3.63, 3.8) is 0 Å². The zero-order chi connectivity index (χ0) is 13.1. The third kappa shape index (κ3) is 2.73. The molecule has 0 aliphatic heterocycles. The van der Waals surface area contributed by atoms with E-state index in [1.165, 1.54) is 11.1 Å². The lowest BCUT2D eigenvalue weighted by Crippen LogP contribution is -2.06. The van der Waals surface area contributed by atoms with Crippen LogP contribution >= 0.6 is 0 Å². The van der Waals surface area contributed by atoms with Crippen LogP contribution < -0.4 is 4.74 Å². The molecule has 0 bridgehead atoms. The Labute approximate surface area is 108 Å². The van der Waals surface area contributed by atoms with Gasteiger partial charge in [-0.2, -0.15) is 5.10 Å². The number of rotatable bonds is 4. The lowest BCUT2D eigenvalue weighted by Gasteiger charge is -2.10. The van der Waals surface area contributed by atoms with Crippen molar-refractivity contribution in [2.75, 3.05) is 0 Å². The highest BCUT2D eigenvalue weighted by Gasteiger charge is 2.06. The van der Waals surface area contributed by atoms with Gasteiger partial charge in [0.2, 0.25) is 0 Å². The minimum absolute atomic E-state index is 0.568. The summed E-state index contributed by atoms with van der Waals surface area (Å²) in [7, 11) is 0. The molecule has 0 spiro atoms. The molecular formula is C15H20N2O. The minimum Gasteiger partial charge on any atom is -0.487 e. The van der Waals surface area contributed by atoms with E-state index in [-0.39, 0.29) is 0 Å². The van der Waals surface area contributed by atoms with Crippen molar-refractivity contribution in [2.24, 2.45) is 0 Å². The van der Waals surface area contributed by atoms with Crippen molar-refractivity contribution in [3.8, 4) is 5.75 Å². The van der Waals surface area contributed by atoms with Gasteiger partial charge in [-0.3, -0.25) is 4.68 Å². The van der Waals surface area contributed by atoms with E-state index in [0.717, 1.165) is 23.7 Å². The molecule has 0 amide bonds. The molecule has 1 heterocycles. The molecule has 0 saturated carbocycles. The highest BCUT2D eigenvalue weighted by molar-refractivity contribution is 5.36. The molecule has 0 unspecified atom stereocenters. The smallest absolute Gasteiger partial charge is 0.130 e. The van der Waals surface area contributed by atoms with E-state index in [0.29, 0.717) is 6.61 Å². The second kappa shape index (κ2) is 5.25. The normalized spacial score (nSPS) is 10.7. The lowest BCUT2D eigenvalue weighted by atomic mass is 10.1. The van der Waals surface area contributed by atoms with Gasteiger partial charge in [0.05, 0.1) is 11.4 Å². The van der Waals surface area contributed by atoms with Gasteiger partial charge in [0, 0.05) is 6.54 Å². The molecule has 96 valence electrons. The van der Waals surface area contributed by atoms with E-state index in [1.807, 2.05) is 11.6 Å². The SMILES string of the molecule is CCn1nc(C)cc1COc1cc(C)ccc1C. The number of benzene rings is 1. The summed E-state index contributed by atoms with van der Waals surface area (Å²) in [4.78, 5) is 0. The summed E-state index contributed by atoms with van der Waals surface area (Å²) in [6.07, 6.45) is 0. The molecule has 0 saturated heterocycles. The average Bonchev–Trinajstić information content (AvgIpc) is 2.71. The lowest BCUT2D eigenvalue weighted by molar-refractivity contribution is 0.290. The zero-order valence-electron chi connectivity index (χ0n) is 11.5. The van der Waals surface area contributed by atoms with E-state index in [1.54, 1.807) is 0 Å². The number of ether oxygens (including phenoxy) is 1. The number of nitrogens with zero attached hydrogens (tertiary/aromatic N) is 2. The molecule has 2 aromatic rings. The molecule has 2 rings (SSSR count). The van der Waals surface area contributed by atoms with Crippen LogP contribution in [0.3, 0.4) is 0 Å². The first-order chi connectivity index (χ1) is 8.60. The van der Waals surface area contributed by atoms with Gasteiger partial charge in [-0.25, -0.2) is 0 Å². The van der Waals surface area contributed by atoms with Crippen molar-refractivity contribution >= 4 is 0 Å². The third-order valence-corrected chi connectivity index (χ3v) is 3.00. The van der Waals surface area contributed by atoms with Crippen LogP contribution in [0.1, 0.15) is 29.4 Å². The topological polar surface area (TPSA) is 27.1 Å². The largest absolute Gasteiger partial charge is 0.487 e. The molecule has 3 nitrogen and oxygen atoms in total. The van der Waals surface area contributed by atoms with E-state index < -0.39 is 0 Å². The molecule has 0 aliphatic rings. The number of aromatic nitrogens is 2. The Hall–Kier alpha value is -1.77. The Morgan fingerprint density at radius 2 is 1.94 bits per heavy atom. The van der Waals surface area contributed by atoms with E-state index in [9.17, 15) is 0 Å². The van der Waals surface area contributed by atoms with Crippen LogP contribution in [0.5, 0.6) is 5.75 Å². The summed E-state index contributed by atoms with van der Waals surface area (Å²) < 4.78 is 7.89. The third-order valence-electron chi connectivity index (χ3n) is 3.00. The minimum atomic E-state index is 0.568. The van der Waals surface area contributed by atoms with Crippen molar-refractivity contribution < 1.29 is 4.74 Å². The first-order valence-corrected chi connectivity index (χ1v) is 6.33. The second-order valence-corrected chi connectivity index (χ2v) is 4.65. The van der Waals surface area contributed by atoms with Crippen LogP contribution in [-0.2, 0) is 13.2 Å². The fourth-order valence-corrected chi connectivity index (χ4v) is 2.00. The van der Waals surface area contributed by atoms with Gasteiger partial charge in [-0.05, 0) is 51.0 Å². The highest BCUT2D eigenvalue weighted by atomic mass is 16.5. The van der Waals surface area contributed by atoms with Crippen molar-refractivity contribution in [1.29, 1.82) is 0 Å². The molecule has 18 heavy (non-hydrogen) atoms. The van der Waals surface area contributed by atoms with Crippen LogP contribution in [0.2, 0.25) is 0 Å². The molecule has 1 aromatic carbocycles. The van der Waals surface area contributed by atoms with Gasteiger partial charge >= 0.3 is 0 Å². The maximum absolute atomic E-state index is 5.90. The summed E-state index contributed by atoms with van der Waals surface area (Å²) in [5, 5.41) is 4.42. The summed E-state index contributed by atoms with van der Waals surface area (Å²) in [6.45, 7) is 9.68. The van der Waals surface area contributed by atoms with Gasteiger partial charge in [0.1, 0.15) is 12.4 Å². The molecule has 1 aromatic heterocycles. The average molecular weight is 244 g/mol. The number of aryl methyl sites for hydroxylation is 4. The maximum atomic E-state index is 5.90. The van der Waals surface area contributed by atoms with Crippen molar-refractivity contribution in [2.45, 2.75) is 40.8 Å². The van der Waals surface area contributed by atoms with Crippen molar-refractivity contribution in [1.82, 2.24) is 9.78 Å². The van der Waals surface area contributed by atoms with Crippen molar-refractivity contribution in [3.05, 3.63) is 46.8 Å². The predicted octanol–water partition coefficient (Wildman–Crippen LogP) is 3.41. The number of hydrogen-bond donors (Lipinski definition) is 0. The van der Waals surface area contributed by atoms with Gasteiger partial charge < -0.3 is 4.74 Å². The van der Waals surface area contributed by atoms with Crippen LogP contribution in [-0.4, -0.2) is 9.78 Å². The standard InChI is InChI=1S/C15H20N2O/c1-5-17-14(9-13(4)16-17)10-18-15-8-11(2)6-7-12(15)3/h6-9H,5,10H2,1-4H3. The van der Waals surface area contributed by atoms with Crippen LogP contribution in [0, 0.1) is 20.8 Å². The summed E-state index contributed by atoms with van der Waals surface area (Å²) in [5.41, 5.74) is 4.54.